The molecule has 0 spiro atoms. The largest absolute Gasteiger partial charge is 0.493 e. The highest BCUT2D eigenvalue weighted by molar-refractivity contribution is 5.95. The summed E-state index contributed by atoms with van der Waals surface area (Å²) in [5.41, 5.74) is 0.258. The number of hydrogen-bond donors (Lipinski definition) is 0. The van der Waals surface area contributed by atoms with Crippen molar-refractivity contribution in [2.24, 2.45) is 5.92 Å². The Balaban J connectivity index is 1.63. The Kier molecular flexibility index (Phi) is 6.01. The lowest BCUT2D eigenvalue weighted by molar-refractivity contribution is -0.140. The zero-order valence-electron chi connectivity index (χ0n) is 15.5. The molecule has 0 unspecified atom stereocenters. The Hall–Kier alpha value is -2.24. The molecule has 1 aromatic rings. The van der Waals surface area contributed by atoms with Gasteiger partial charge in [0, 0.05) is 12.6 Å². The zero-order chi connectivity index (χ0) is 18.5. The zero-order valence-corrected chi connectivity index (χ0v) is 15.5. The molecule has 2 aliphatic rings. The van der Waals surface area contributed by atoms with E-state index in [1.807, 2.05) is 4.90 Å². The van der Waals surface area contributed by atoms with Gasteiger partial charge in [0.1, 0.15) is 5.56 Å². The fraction of sp³-hybridized carbons (Fsp3) is 0.600. The van der Waals surface area contributed by atoms with Gasteiger partial charge in [-0.2, -0.15) is 0 Å². The fourth-order valence-electron chi connectivity index (χ4n) is 4.27. The first-order valence-corrected chi connectivity index (χ1v) is 9.33. The van der Waals surface area contributed by atoms with E-state index >= 15 is 0 Å². The topological polar surface area (TPSA) is 65.1 Å². The van der Waals surface area contributed by atoms with Crippen LogP contribution in [0.4, 0.5) is 0 Å². The molecule has 0 N–H and O–H groups in total. The number of amides is 1. The molecule has 6 heteroatoms. The normalized spacial score (nSPS) is 22.3. The SMILES string of the molecule is COc1cccc(C(=O)OCC(=O)N2CCC[C@H]3CCCC[C@@H]32)c1OC. The standard InChI is InChI=1S/C20H27NO5/c1-24-17-11-5-9-15(19(17)25-2)20(23)26-13-18(22)21-12-6-8-14-7-3-4-10-16(14)21/h5,9,11,14,16H,3-4,6-8,10,12-13H2,1-2H3/t14-,16+/m1/s1. The minimum Gasteiger partial charge on any atom is -0.493 e. The molecule has 1 aliphatic carbocycles. The van der Waals surface area contributed by atoms with Crippen LogP contribution in [0.5, 0.6) is 11.5 Å². The second-order valence-electron chi connectivity index (χ2n) is 6.96. The van der Waals surface area contributed by atoms with Crippen molar-refractivity contribution in [1.82, 2.24) is 4.90 Å². The third kappa shape index (κ3) is 3.79. The highest BCUT2D eigenvalue weighted by atomic mass is 16.5. The Bertz CT molecular complexity index is 658. The van der Waals surface area contributed by atoms with E-state index in [1.54, 1.807) is 18.2 Å². The molecule has 3 rings (SSSR count). The van der Waals surface area contributed by atoms with E-state index in [1.165, 1.54) is 39.9 Å². The molecule has 1 aromatic carbocycles. The van der Waals surface area contributed by atoms with Crippen LogP contribution in [0.1, 0.15) is 48.9 Å². The quantitative estimate of drug-likeness (QED) is 0.754. The van der Waals surface area contributed by atoms with Gasteiger partial charge in [-0.1, -0.05) is 18.9 Å². The number of carbonyl (C=O) groups excluding carboxylic acids is 2. The first kappa shape index (κ1) is 18.5. The lowest BCUT2D eigenvalue weighted by atomic mass is 9.78. The van der Waals surface area contributed by atoms with Gasteiger partial charge in [-0.3, -0.25) is 4.79 Å². The van der Waals surface area contributed by atoms with E-state index < -0.39 is 5.97 Å². The molecule has 0 bridgehead atoms. The number of rotatable bonds is 5. The second-order valence-corrected chi connectivity index (χ2v) is 6.96. The van der Waals surface area contributed by atoms with Crippen LogP contribution in [0.2, 0.25) is 0 Å². The second kappa shape index (κ2) is 8.43. The molecular weight excluding hydrogens is 334 g/mol. The van der Waals surface area contributed by atoms with Gasteiger partial charge in [-0.05, 0) is 43.7 Å². The Labute approximate surface area is 154 Å². The summed E-state index contributed by atoms with van der Waals surface area (Å²) in [7, 11) is 2.98. The number of carbonyl (C=O) groups is 2. The maximum absolute atomic E-state index is 12.7. The van der Waals surface area contributed by atoms with E-state index in [2.05, 4.69) is 0 Å². The number of nitrogens with zero attached hydrogens (tertiary/aromatic N) is 1. The predicted molar refractivity (Wildman–Crippen MR) is 96.5 cm³/mol. The van der Waals surface area contributed by atoms with Gasteiger partial charge in [0.2, 0.25) is 0 Å². The summed E-state index contributed by atoms with van der Waals surface area (Å²) in [6.45, 7) is 0.530. The molecule has 26 heavy (non-hydrogen) atoms. The average Bonchev–Trinajstić information content (AvgIpc) is 2.70. The van der Waals surface area contributed by atoms with E-state index in [-0.39, 0.29) is 18.1 Å². The molecule has 0 radical (unpaired) electrons. The number of para-hydroxylation sites is 1. The molecule has 6 nitrogen and oxygen atoms in total. The number of benzene rings is 1. The van der Waals surface area contributed by atoms with Crippen LogP contribution >= 0.6 is 0 Å². The van der Waals surface area contributed by atoms with Crippen molar-refractivity contribution < 1.29 is 23.8 Å². The van der Waals surface area contributed by atoms with Crippen LogP contribution in [-0.2, 0) is 9.53 Å². The van der Waals surface area contributed by atoms with Crippen LogP contribution < -0.4 is 9.47 Å². The number of piperidine rings is 1. The number of esters is 1. The number of fused-ring (bicyclic) bond motifs is 1. The van der Waals surface area contributed by atoms with E-state index in [9.17, 15) is 9.59 Å². The Morgan fingerprint density at radius 2 is 1.85 bits per heavy atom. The molecule has 1 aliphatic heterocycles. The van der Waals surface area contributed by atoms with Crippen LogP contribution in [-0.4, -0.2) is 50.2 Å². The predicted octanol–water partition coefficient (Wildman–Crippen LogP) is 3.04. The van der Waals surface area contributed by atoms with Crippen LogP contribution in [0.15, 0.2) is 18.2 Å². The maximum atomic E-state index is 12.7. The number of ether oxygens (including phenoxy) is 3. The van der Waals surface area contributed by atoms with Crippen molar-refractivity contribution in [3.63, 3.8) is 0 Å². The first-order chi connectivity index (χ1) is 12.7. The van der Waals surface area contributed by atoms with Crippen LogP contribution in [0.3, 0.4) is 0 Å². The molecule has 1 saturated carbocycles. The van der Waals surface area contributed by atoms with Gasteiger partial charge in [0.25, 0.3) is 5.91 Å². The summed E-state index contributed by atoms with van der Waals surface area (Å²) >= 11 is 0. The molecule has 2 fully saturated rings. The summed E-state index contributed by atoms with van der Waals surface area (Å²) in [4.78, 5) is 27.0. The lowest BCUT2D eigenvalue weighted by Gasteiger charge is -2.44. The molecule has 2 atom stereocenters. The minimum atomic E-state index is -0.577. The van der Waals surface area contributed by atoms with Crippen LogP contribution in [0.25, 0.3) is 0 Å². The summed E-state index contributed by atoms with van der Waals surface area (Å²) in [5.74, 6) is 0.700. The third-order valence-corrected chi connectivity index (χ3v) is 5.51. The van der Waals surface area contributed by atoms with Crippen molar-refractivity contribution >= 4 is 11.9 Å². The summed E-state index contributed by atoms with van der Waals surface area (Å²) < 4.78 is 15.8. The molecule has 1 heterocycles. The Morgan fingerprint density at radius 1 is 1.08 bits per heavy atom. The third-order valence-electron chi connectivity index (χ3n) is 5.51. The molecule has 0 aromatic heterocycles. The average molecular weight is 361 g/mol. The number of methoxy groups -OCH3 is 2. The van der Waals surface area contributed by atoms with Gasteiger partial charge in [-0.25, -0.2) is 4.79 Å². The van der Waals surface area contributed by atoms with Gasteiger partial charge in [0.05, 0.1) is 14.2 Å². The van der Waals surface area contributed by atoms with Crippen molar-refractivity contribution in [2.45, 2.75) is 44.6 Å². The summed E-state index contributed by atoms with van der Waals surface area (Å²) in [5, 5.41) is 0. The van der Waals surface area contributed by atoms with Crippen LogP contribution in [0, 0.1) is 5.92 Å². The molecule has 1 amide bonds. The van der Waals surface area contributed by atoms with Crippen molar-refractivity contribution in [3.8, 4) is 11.5 Å². The Morgan fingerprint density at radius 3 is 2.62 bits per heavy atom. The van der Waals surface area contributed by atoms with E-state index in [0.717, 1.165) is 19.4 Å². The van der Waals surface area contributed by atoms with Gasteiger partial charge in [-0.15, -0.1) is 0 Å². The van der Waals surface area contributed by atoms with Gasteiger partial charge >= 0.3 is 5.97 Å². The smallest absolute Gasteiger partial charge is 0.342 e. The maximum Gasteiger partial charge on any atom is 0.342 e. The summed E-state index contributed by atoms with van der Waals surface area (Å²) in [6, 6.07) is 5.32. The van der Waals surface area contributed by atoms with E-state index in [4.69, 9.17) is 14.2 Å². The van der Waals surface area contributed by atoms with Crippen molar-refractivity contribution in [2.75, 3.05) is 27.4 Å². The molecule has 1 saturated heterocycles. The number of hydrogen-bond acceptors (Lipinski definition) is 5. The summed E-state index contributed by atoms with van der Waals surface area (Å²) in [6.07, 6.45) is 6.93. The fourth-order valence-corrected chi connectivity index (χ4v) is 4.27. The highest BCUT2D eigenvalue weighted by Gasteiger charge is 2.35. The van der Waals surface area contributed by atoms with E-state index in [0.29, 0.717) is 23.5 Å². The monoisotopic (exact) mass is 361 g/mol. The van der Waals surface area contributed by atoms with Gasteiger partial charge in [0.15, 0.2) is 18.1 Å². The lowest BCUT2D eigenvalue weighted by Crippen LogP contribution is -2.50. The van der Waals surface area contributed by atoms with Gasteiger partial charge < -0.3 is 19.1 Å². The molecular formula is C20H27NO5. The number of likely N-dealkylation sites (tertiary alicyclic amines) is 1. The minimum absolute atomic E-state index is 0.100. The first-order valence-electron chi connectivity index (χ1n) is 9.33. The van der Waals surface area contributed by atoms with Crippen molar-refractivity contribution in [1.29, 1.82) is 0 Å². The molecule has 142 valence electrons. The van der Waals surface area contributed by atoms with Crippen molar-refractivity contribution in [3.05, 3.63) is 23.8 Å². The highest BCUT2D eigenvalue weighted by Crippen LogP contribution is 2.35.